The van der Waals surface area contributed by atoms with Crippen molar-refractivity contribution in [3.8, 4) is 5.75 Å². The first kappa shape index (κ1) is 11.0. The lowest BCUT2D eigenvalue weighted by molar-refractivity contribution is -0.139. The molecule has 1 N–H and O–H groups in total. The van der Waals surface area contributed by atoms with Crippen molar-refractivity contribution in [2.75, 3.05) is 7.11 Å². The number of rotatable bonds is 4. The molecule has 1 aromatic rings. The number of carbonyl (C=O) groups is 1. The van der Waals surface area contributed by atoms with Gasteiger partial charge in [-0.2, -0.15) is 0 Å². The monoisotopic (exact) mass is 220 g/mol. The molecule has 2 atom stereocenters. The van der Waals surface area contributed by atoms with E-state index < -0.39 is 5.97 Å². The summed E-state index contributed by atoms with van der Waals surface area (Å²) in [5.41, 5.74) is 0.973. The normalized spacial score (nSPS) is 27.5. The Bertz CT molecular complexity index is 396. The van der Waals surface area contributed by atoms with Gasteiger partial charge in [-0.3, -0.25) is 4.79 Å². The topological polar surface area (TPSA) is 46.5 Å². The predicted octanol–water partition coefficient (Wildman–Crippen LogP) is 2.45. The van der Waals surface area contributed by atoms with Crippen LogP contribution in [-0.4, -0.2) is 18.2 Å². The van der Waals surface area contributed by atoms with Crippen LogP contribution in [0.3, 0.4) is 0 Å². The third kappa shape index (κ3) is 1.56. The number of hydrogen-bond acceptors (Lipinski definition) is 2. The van der Waals surface area contributed by atoms with Gasteiger partial charge in [-0.1, -0.05) is 19.1 Å². The molecule has 1 aliphatic rings. The lowest BCUT2D eigenvalue weighted by Crippen LogP contribution is -2.13. The van der Waals surface area contributed by atoms with Crippen molar-refractivity contribution in [3.05, 3.63) is 29.8 Å². The molecule has 0 heterocycles. The third-order valence-electron chi connectivity index (χ3n) is 3.67. The van der Waals surface area contributed by atoms with Gasteiger partial charge in [0.15, 0.2) is 0 Å². The molecule has 2 rings (SSSR count). The summed E-state index contributed by atoms with van der Waals surface area (Å²) in [6, 6.07) is 7.74. The Morgan fingerprint density at radius 3 is 2.50 bits per heavy atom. The van der Waals surface area contributed by atoms with Crippen molar-refractivity contribution in [2.45, 2.75) is 25.2 Å². The highest BCUT2D eigenvalue weighted by molar-refractivity contribution is 5.77. The summed E-state index contributed by atoms with van der Waals surface area (Å²) in [7, 11) is 1.63. The molecule has 1 aromatic carbocycles. The fourth-order valence-corrected chi connectivity index (χ4v) is 2.47. The first-order valence-corrected chi connectivity index (χ1v) is 5.51. The van der Waals surface area contributed by atoms with Gasteiger partial charge >= 0.3 is 5.97 Å². The molecule has 16 heavy (non-hydrogen) atoms. The Balaban J connectivity index is 2.26. The Morgan fingerprint density at radius 2 is 2.12 bits per heavy atom. The Hall–Kier alpha value is -1.51. The molecule has 0 saturated heterocycles. The Morgan fingerprint density at radius 1 is 1.50 bits per heavy atom. The van der Waals surface area contributed by atoms with Crippen LogP contribution in [0.25, 0.3) is 0 Å². The van der Waals surface area contributed by atoms with Crippen molar-refractivity contribution >= 4 is 5.97 Å². The van der Waals surface area contributed by atoms with Crippen molar-refractivity contribution < 1.29 is 14.6 Å². The van der Waals surface area contributed by atoms with Crippen LogP contribution in [-0.2, 0) is 10.2 Å². The second-order valence-corrected chi connectivity index (χ2v) is 4.33. The van der Waals surface area contributed by atoms with Crippen LogP contribution in [0.15, 0.2) is 24.3 Å². The maximum Gasteiger partial charge on any atom is 0.307 e. The standard InChI is InChI=1S/C13H16O3/c1-3-13(8-11(13)12(14)15)9-4-6-10(16-2)7-5-9/h4-7,11H,3,8H2,1-2H3,(H,14,15)/t11-,13?/m0/s1. The molecule has 3 heteroatoms. The molecule has 86 valence electrons. The van der Waals surface area contributed by atoms with Crippen LogP contribution in [0.5, 0.6) is 5.75 Å². The van der Waals surface area contributed by atoms with E-state index in [9.17, 15) is 4.79 Å². The highest BCUT2D eigenvalue weighted by Gasteiger charge is 2.58. The summed E-state index contributed by atoms with van der Waals surface area (Å²) in [6.07, 6.45) is 1.63. The molecule has 1 saturated carbocycles. The van der Waals surface area contributed by atoms with E-state index in [4.69, 9.17) is 9.84 Å². The fourth-order valence-electron chi connectivity index (χ4n) is 2.47. The van der Waals surface area contributed by atoms with E-state index in [2.05, 4.69) is 0 Å². The number of hydrogen-bond donors (Lipinski definition) is 1. The van der Waals surface area contributed by atoms with Gasteiger partial charge in [-0.15, -0.1) is 0 Å². The van der Waals surface area contributed by atoms with E-state index in [1.54, 1.807) is 7.11 Å². The predicted molar refractivity (Wildman–Crippen MR) is 60.7 cm³/mol. The highest BCUT2D eigenvalue weighted by Crippen LogP contribution is 2.56. The van der Waals surface area contributed by atoms with Gasteiger partial charge in [-0.05, 0) is 30.5 Å². The number of ether oxygens (including phenoxy) is 1. The largest absolute Gasteiger partial charge is 0.497 e. The minimum Gasteiger partial charge on any atom is -0.497 e. The summed E-state index contributed by atoms with van der Waals surface area (Å²) in [4.78, 5) is 11.0. The number of methoxy groups -OCH3 is 1. The Labute approximate surface area is 95.0 Å². The van der Waals surface area contributed by atoms with Crippen molar-refractivity contribution in [1.29, 1.82) is 0 Å². The zero-order valence-electron chi connectivity index (χ0n) is 9.56. The van der Waals surface area contributed by atoms with E-state index in [0.29, 0.717) is 0 Å². The van der Waals surface area contributed by atoms with E-state index in [1.807, 2.05) is 31.2 Å². The minimum absolute atomic E-state index is 0.141. The minimum atomic E-state index is -0.683. The Kier molecular flexibility index (Phi) is 2.62. The van der Waals surface area contributed by atoms with Crippen LogP contribution in [0, 0.1) is 5.92 Å². The summed E-state index contributed by atoms with van der Waals surface area (Å²) in [5, 5.41) is 9.06. The first-order chi connectivity index (χ1) is 7.64. The zero-order valence-corrected chi connectivity index (χ0v) is 9.56. The smallest absolute Gasteiger partial charge is 0.307 e. The van der Waals surface area contributed by atoms with E-state index in [0.717, 1.165) is 24.2 Å². The average Bonchev–Trinajstić information content (AvgIpc) is 3.05. The van der Waals surface area contributed by atoms with E-state index in [-0.39, 0.29) is 11.3 Å². The van der Waals surface area contributed by atoms with Gasteiger partial charge < -0.3 is 9.84 Å². The molecule has 0 aromatic heterocycles. The quantitative estimate of drug-likeness (QED) is 0.847. The summed E-state index contributed by atoms with van der Waals surface area (Å²) in [5.74, 6) is -0.0916. The third-order valence-corrected chi connectivity index (χ3v) is 3.67. The van der Waals surface area contributed by atoms with Crippen molar-refractivity contribution in [3.63, 3.8) is 0 Å². The van der Waals surface area contributed by atoms with Crippen LogP contribution in [0.1, 0.15) is 25.3 Å². The van der Waals surface area contributed by atoms with Crippen LogP contribution >= 0.6 is 0 Å². The molecular formula is C13H16O3. The maximum absolute atomic E-state index is 11.0. The van der Waals surface area contributed by atoms with Gasteiger partial charge in [0.2, 0.25) is 0 Å². The molecule has 0 amide bonds. The molecule has 1 aliphatic carbocycles. The van der Waals surface area contributed by atoms with E-state index >= 15 is 0 Å². The molecule has 1 fully saturated rings. The summed E-state index contributed by atoms with van der Waals surface area (Å²) < 4.78 is 5.09. The fraction of sp³-hybridized carbons (Fsp3) is 0.462. The number of carboxylic acids is 1. The van der Waals surface area contributed by atoms with E-state index in [1.165, 1.54) is 0 Å². The lowest BCUT2D eigenvalue weighted by atomic mass is 9.90. The van der Waals surface area contributed by atoms with Gasteiger partial charge in [0.05, 0.1) is 13.0 Å². The van der Waals surface area contributed by atoms with Crippen LogP contribution in [0.4, 0.5) is 0 Å². The molecule has 1 unspecified atom stereocenters. The van der Waals surface area contributed by atoms with Crippen molar-refractivity contribution in [2.24, 2.45) is 5.92 Å². The number of aliphatic carboxylic acids is 1. The van der Waals surface area contributed by atoms with Gasteiger partial charge in [0.1, 0.15) is 5.75 Å². The molecule has 3 nitrogen and oxygen atoms in total. The molecule has 0 bridgehead atoms. The number of benzene rings is 1. The average molecular weight is 220 g/mol. The summed E-state index contributed by atoms with van der Waals surface area (Å²) in [6.45, 7) is 2.05. The van der Waals surface area contributed by atoms with Gasteiger partial charge in [0.25, 0.3) is 0 Å². The summed E-state index contributed by atoms with van der Waals surface area (Å²) >= 11 is 0. The first-order valence-electron chi connectivity index (χ1n) is 5.51. The number of carboxylic acid groups (broad SMARTS) is 1. The molecular weight excluding hydrogens is 204 g/mol. The molecule has 0 radical (unpaired) electrons. The van der Waals surface area contributed by atoms with Gasteiger partial charge in [-0.25, -0.2) is 0 Å². The van der Waals surface area contributed by atoms with Crippen LogP contribution in [0.2, 0.25) is 0 Å². The van der Waals surface area contributed by atoms with Crippen molar-refractivity contribution in [1.82, 2.24) is 0 Å². The van der Waals surface area contributed by atoms with Crippen LogP contribution < -0.4 is 4.74 Å². The zero-order chi connectivity index (χ0) is 11.8. The highest BCUT2D eigenvalue weighted by atomic mass is 16.5. The second-order valence-electron chi connectivity index (χ2n) is 4.33. The molecule has 0 spiro atoms. The second kappa shape index (κ2) is 3.81. The lowest BCUT2D eigenvalue weighted by Gasteiger charge is -2.14. The molecule has 0 aliphatic heterocycles. The SMILES string of the molecule is CCC1(c2ccc(OC)cc2)C[C@H]1C(=O)O. The van der Waals surface area contributed by atoms with Gasteiger partial charge in [0, 0.05) is 5.41 Å². The maximum atomic E-state index is 11.0.